The lowest BCUT2D eigenvalue weighted by molar-refractivity contribution is -0.137. The molecule has 0 bridgehead atoms. The first-order chi connectivity index (χ1) is 6.79. The Balaban J connectivity index is 3.06. The number of phenols is 1. The summed E-state index contributed by atoms with van der Waals surface area (Å²) >= 11 is 3.92. The van der Waals surface area contributed by atoms with E-state index in [1.807, 2.05) is 0 Å². The third-order valence-corrected chi connectivity index (χ3v) is 1.86. The number of benzene rings is 1. The highest BCUT2D eigenvalue weighted by Crippen LogP contribution is 2.32. The highest BCUT2D eigenvalue weighted by molar-refractivity contribution is 7.77. The van der Waals surface area contributed by atoms with Gasteiger partial charge in [0.2, 0.25) is 0 Å². The van der Waals surface area contributed by atoms with Crippen LogP contribution in [0.25, 0.3) is 0 Å². The first kappa shape index (κ1) is 12.2. The molecule has 2 nitrogen and oxygen atoms in total. The molecule has 0 heterocycles. The second-order valence-corrected chi connectivity index (χ2v) is 3.88. The van der Waals surface area contributed by atoms with Crippen molar-refractivity contribution >= 4 is 12.8 Å². The number of hydrogen-bond acceptors (Lipinski definition) is 3. The summed E-state index contributed by atoms with van der Waals surface area (Å²) < 4.78 is 38.5. The van der Waals surface area contributed by atoms with Crippen LogP contribution in [0.1, 0.15) is 11.1 Å². The number of aromatic hydroxyl groups is 1. The van der Waals surface area contributed by atoms with Gasteiger partial charge in [0, 0.05) is 6.54 Å². The zero-order chi connectivity index (χ0) is 11.6. The Kier molecular flexibility index (Phi) is 3.51. The summed E-state index contributed by atoms with van der Waals surface area (Å²) in [5.41, 5.74) is -0.493. The Morgan fingerprint density at radius 2 is 1.93 bits per heavy atom. The molecular formula is C9H10F3NOS. The zero-order valence-corrected chi connectivity index (χ0v) is 8.81. The molecule has 0 aliphatic heterocycles. The van der Waals surface area contributed by atoms with E-state index < -0.39 is 17.5 Å². The fourth-order valence-electron chi connectivity index (χ4n) is 1.19. The first-order valence-corrected chi connectivity index (χ1v) is 4.49. The number of rotatable bonds is 2. The molecule has 0 aromatic heterocycles. The molecule has 0 spiro atoms. The van der Waals surface area contributed by atoms with Gasteiger partial charge in [-0.15, -0.1) is 0 Å². The van der Waals surface area contributed by atoms with Gasteiger partial charge < -0.3 is 5.11 Å². The van der Waals surface area contributed by atoms with Crippen molar-refractivity contribution in [1.29, 1.82) is 0 Å². The van der Waals surface area contributed by atoms with Crippen molar-refractivity contribution in [3.05, 3.63) is 29.3 Å². The summed E-state index contributed by atoms with van der Waals surface area (Å²) in [6.45, 7) is 0.223. The summed E-state index contributed by atoms with van der Waals surface area (Å²) in [5.74, 6) is -0.394. The highest BCUT2D eigenvalue weighted by atomic mass is 32.1. The van der Waals surface area contributed by atoms with E-state index in [1.165, 1.54) is 10.4 Å². The lowest BCUT2D eigenvalue weighted by atomic mass is 10.1. The molecule has 1 N–H and O–H groups in total. The van der Waals surface area contributed by atoms with Gasteiger partial charge in [-0.1, -0.05) is 12.8 Å². The molecule has 0 fully saturated rings. The number of nitrogens with zero attached hydrogens (tertiary/aromatic N) is 1. The molecule has 15 heavy (non-hydrogen) atoms. The molecule has 0 unspecified atom stereocenters. The van der Waals surface area contributed by atoms with Crippen LogP contribution in [0.2, 0.25) is 0 Å². The SMILES string of the molecule is CN(S)Cc1cc(O)cc(C(F)(F)F)c1. The second kappa shape index (κ2) is 4.32. The van der Waals surface area contributed by atoms with Crippen LogP contribution in [0.15, 0.2) is 18.2 Å². The first-order valence-electron chi connectivity index (χ1n) is 4.09. The summed E-state index contributed by atoms with van der Waals surface area (Å²) in [5, 5.41) is 9.13. The van der Waals surface area contributed by atoms with Crippen molar-refractivity contribution in [2.75, 3.05) is 7.05 Å². The fourth-order valence-corrected chi connectivity index (χ4v) is 1.36. The van der Waals surface area contributed by atoms with Crippen LogP contribution >= 0.6 is 12.8 Å². The third kappa shape index (κ3) is 3.64. The van der Waals surface area contributed by atoms with Crippen LogP contribution in [0, 0.1) is 0 Å². The molecule has 1 rings (SSSR count). The van der Waals surface area contributed by atoms with Crippen LogP contribution in [0.5, 0.6) is 5.75 Å². The molecule has 0 radical (unpaired) electrons. The van der Waals surface area contributed by atoms with Crippen LogP contribution in [-0.4, -0.2) is 16.5 Å². The normalized spacial score (nSPS) is 12.1. The molecule has 1 aromatic carbocycles. The van der Waals surface area contributed by atoms with Gasteiger partial charge in [0.15, 0.2) is 0 Å². The van der Waals surface area contributed by atoms with E-state index in [9.17, 15) is 13.2 Å². The maximum absolute atomic E-state index is 12.3. The maximum atomic E-state index is 12.3. The lowest BCUT2D eigenvalue weighted by Crippen LogP contribution is -2.08. The van der Waals surface area contributed by atoms with Gasteiger partial charge in [-0.05, 0) is 30.8 Å². The molecule has 6 heteroatoms. The van der Waals surface area contributed by atoms with Gasteiger partial charge in [0.05, 0.1) is 5.56 Å². The quantitative estimate of drug-likeness (QED) is 0.772. The largest absolute Gasteiger partial charge is 0.508 e. The number of halogens is 3. The molecule has 0 saturated carbocycles. The molecule has 84 valence electrons. The van der Waals surface area contributed by atoms with Gasteiger partial charge in [-0.25, -0.2) is 0 Å². The van der Waals surface area contributed by atoms with E-state index in [4.69, 9.17) is 5.11 Å². The standard InChI is InChI=1S/C9H10F3NOS/c1-13(15)5-6-2-7(9(10,11)12)4-8(14)3-6/h2-4,14-15H,5H2,1H3. The predicted octanol–water partition coefficient (Wildman–Crippen LogP) is 2.69. The Morgan fingerprint density at radius 1 is 1.33 bits per heavy atom. The minimum absolute atomic E-state index is 0.223. The number of thiol groups is 1. The van der Waals surface area contributed by atoms with Gasteiger partial charge in [0.25, 0.3) is 0 Å². The minimum Gasteiger partial charge on any atom is -0.508 e. The topological polar surface area (TPSA) is 23.5 Å². The number of alkyl halides is 3. The number of phenolic OH excluding ortho intramolecular Hbond substituents is 1. The lowest BCUT2D eigenvalue weighted by Gasteiger charge is -2.12. The molecular weight excluding hydrogens is 227 g/mol. The average molecular weight is 237 g/mol. The fraction of sp³-hybridized carbons (Fsp3) is 0.333. The van der Waals surface area contributed by atoms with E-state index in [0.717, 1.165) is 6.07 Å². The molecule has 1 aromatic rings. The average Bonchev–Trinajstić information content (AvgIpc) is 1.99. The van der Waals surface area contributed by atoms with Crippen molar-refractivity contribution in [1.82, 2.24) is 4.31 Å². The molecule has 0 amide bonds. The summed E-state index contributed by atoms with van der Waals surface area (Å²) in [4.78, 5) is 0. The Morgan fingerprint density at radius 3 is 2.40 bits per heavy atom. The van der Waals surface area contributed by atoms with Crippen molar-refractivity contribution in [2.45, 2.75) is 12.7 Å². The van der Waals surface area contributed by atoms with Gasteiger partial charge in [0.1, 0.15) is 5.75 Å². The number of hydrogen-bond donors (Lipinski definition) is 2. The van der Waals surface area contributed by atoms with E-state index in [0.29, 0.717) is 11.6 Å². The van der Waals surface area contributed by atoms with Gasteiger partial charge in [-0.2, -0.15) is 13.2 Å². The van der Waals surface area contributed by atoms with Crippen molar-refractivity contribution < 1.29 is 18.3 Å². The Hall–Kier alpha value is -0.880. The zero-order valence-electron chi connectivity index (χ0n) is 7.91. The Bertz CT molecular complexity index is 352. The van der Waals surface area contributed by atoms with Crippen LogP contribution in [0.3, 0.4) is 0 Å². The second-order valence-electron chi connectivity index (χ2n) is 3.20. The van der Waals surface area contributed by atoms with Crippen molar-refractivity contribution in [2.24, 2.45) is 0 Å². The van der Waals surface area contributed by atoms with Crippen LogP contribution < -0.4 is 0 Å². The smallest absolute Gasteiger partial charge is 0.416 e. The summed E-state index contributed by atoms with van der Waals surface area (Å²) in [6, 6.07) is 2.97. The Labute approximate surface area is 90.9 Å². The van der Waals surface area contributed by atoms with Crippen molar-refractivity contribution in [3.8, 4) is 5.75 Å². The van der Waals surface area contributed by atoms with Crippen LogP contribution in [0.4, 0.5) is 13.2 Å². The van der Waals surface area contributed by atoms with E-state index >= 15 is 0 Å². The highest BCUT2D eigenvalue weighted by Gasteiger charge is 2.31. The molecule has 0 aliphatic rings. The molecule has 0 aliphatic carbocycles. The van der Waals surface area contributed by atoms with Gasteiger partial charge in [-0.3, -0.25) is 4.31 Å². The van der Waals surface area contributed by atoms with E-state index in [2.05, 4.69) is 12.8 Å². The predicted molar refractivity (Wildman–Crippen MR) is 53.6 cm³/mol. The minimum atomic E-state index is -4.44. The van der Waals surface area contributed by atoms with Crippen LogP contribution in [-0.2, 0) is 12.7 Å². The summed E-state index contributed by atoms with van der Waals surface area (Å²) in [7, 11) is 1.61. The maximum Gasteiger partial charge on any atom is 0.416 e. The van der Waals surface area contributed by atoms with E-state index in [1.54, 1.807) is 7.05 Å². The van der Waals surface area contributed by atoms with E-state index in [-0.39, 0.29) is 6.54 Å². The van der Waals surface area contributed by atoms with Gasteiger partial charge >= 0.3 is 6.18 Å². The third-order valence-electron chi connectivity index (χ3n) is 1.72. The molecule has 0 saturated heterocycles. The monoisotopic (exact) mass is 237 g/mol. The van der Waals surface area contributed by atoms with Crippen molar-refractivity contribution in [3.63, 3.8) is 0 Å². The summed E-state index contributed by atoms with van der Waals surface area (Å²) in [6.07, 6.45) is -4.44. The molecule has 0 atom stereocenters.